The fraction of sp³-hybridized carbons (Fsp3) is 0.333. The zero-order valence-electron chi connectivity index (χ0n) is 11.7. The molecule has 0 unspecified atom stereocenters. The van der Waals surface area contributed by atoms with Gasteiger partial charge in [0.05, 0.1) is 0 Å². The van der Waals surface area contributed by atoms with E-state index in [1.807, 2.05) is 0 Å². The number of anilines is 1. The standard InChI is InChI=1S/C15H16N2O4/c1-10(18)11-2-4-12(5-3-11)16-13(19)8-9-17-14(20)6-7-15(17)21/h2-5H,6-9H2,1H3,(H,16,19). The summed E-state index contributed by atoms with van der Waals surface area (Å²) in [5.74, 6) is -0.769. The van der Waals surface area contributed by atoms with Crippen molar-refractivity contribution in [2.45, 2.75) is 26.2 Å². The van der Waals surface area contributed by atoms with Gasteiger partial charge in [-0.1, -0.05) is 0 Å². The molecule has 0 spiro atoms. The minimum absolute atomic E-state index is 0.0427. The van der Waals surface area contributed by atoms with Gasteiger partial charge in [0, 0.05) is 37.1 Å². The molecule has 110 valence electrons. The number of nitrogens with one attached hydrogen (secondary N) is 1. The largest absolute Gasteiger partial charge is 0.326 e. The van der Waals surface area contributed by atoms with Gasteiger partial charge in [0.2, 0.25) is 17.7 Å². The Hall–Kier alpha value is -2.50. The Morgan fingerprint density at radius 1 is 1.10 bits per heavy atom. The lowest BCUT2D eigenvalue weighted by molar-refractivity contribution is -0.138. The van der Waals surface area contributed by atoms with Crippen LogP contribution in [-0.4, -0.2) is 34.9 Å². The molecule has 21 heavy (non-hydrogen) atoms. The van der Waals surface area contributed by atoms with Crippen LogP contribution in [0, 0.1) is 0 Å². The van der Waals surface area contributed by atoms with Crippen LogP contribution in [0.25, 0.3) is 0 Å². The van der Waals surface area contributed by atoms with Crippen molar-refractivity contribution in [2.75, 3.05) is 11.9 Å². The van der Waals surface area contributed by atoms with Gasteiger partial charge in [0.15, 0.2) is 5.78 Å². The maximum Gasteiger partial charge on any atom is 0.229 e. The van der Waals surface area contributed by atoms with Crippen molar-refractivity contribution in [3.05, 3.63) is 29.8 Å². The molecule has 1 aliphatic heterocycles. The maximum atomic E-state index is 11.8. The van der Waals surface area contributed by atoms with Crippen LogP contribution in [0.3, 0.4) is 0 Å². The second-order valence-corrected chi connectivity index (χ2v) is 4.87. The average Bonchev–Trinajstić information content (AvgIpc) is 2.76. The van der Waals surface area contributed by atoms with Crippen molar-refractivity contribution in [2.24, 2.45) is 0 Å². The fourth-order valence-corrected chi connectivity index (χ4v) is 2.10. The monoisotopic (exact) mass is 288 g/mol. The molecule has 0 radical (unpaired) electrons. The highest BCUT2D eigenvalue weighted by Crippen LogP contribution is 2.13. The van der Waals surface area contributed by atoms with Crippen LogP contribution in [-0.2, 0) is 14.4 Å². The van der Waals surface area contributed by atoms with Gasteiger partial charge < -0.3 is 5.32 Å². The molecule has 0 aliphatic carbocycles. The van der Waals surface area contributed by atoms with Crippen molar-refractivity contribution in [1.82, 2.24) is 4.90 Å². The number of carbonyl (C=O) groups is 4. The number of imide groups is 1. The molecule has 1 heterocycles. The number of Topliss-reactive ketones (excluding diaryl/α,β-unsaturated/α-hetero) is 1. The SMILES string of the molecule is CC(=O)c1ccc(NC(=O)CCN2C(=O)CCC2=O)cc1. The highest BCUT2D eigenvalue weighted by Gasteiger charge is 2.28. The molecule has 1 saturated heterocycles. The van der Waals surface area contributed by atoms with Gasteiger partial charge in [-0.25, -0.2) is 0 Å². The molecule has 1 N–H and O–H groups in total. The van der Waals surface area contributed by atoms with Crippen LogP contribution >= 0.6 is 0 Å². The molecule has 1 aromatic carbocycles. The first-order chi connectivity index (χ1) is 9.97. The minimum atomic E-state index is -0.280. The Morgan fingerprint density at radius 3 is 2.19 bits per heavy atom. The molecular formula is C15H16N2O4. The highest BCUT2D eigenvalue weighted by molar-refractivity contribution is 6.02. The van der Waals surface area contributed by atoms with Gasteiger partial charge in [0.25, 0.3) is 0 Å². The number of hydrogen-bond acceptors (Lipinski definition) is 4. The van der Waals surface area contributed by atoms with Crippen LogP contribution in [0.15, 0.2) is 24.3 Å². The molecule has 6 heteroatoms. The van der Waals surface area contributed by atoms with E-state index in [4.69, 9.17) is 0 Å². The van der Waals surface area contributed by atoms with Crippen LogP contribution in [0.1, 0.15) is 36.5 Å². The van der Waals surface area contributed by atoms with Gasteiger partial charge >= 0.3 is 0 Å². The zero-order chi connectivity index (χ0) is 15.4. The lowest BCUT2D eigenvalue weighted by atomic mass is 10.1. The first-order valence-electron chi connectivity index (χ1n) is 6.71. The summed E-state index contributed by atoms with van der Waals surface area (Å²) >= 11 is 0. The number of ketones is 1. The van der Waals surface area contributed by atoms with Crippen LogP contribution < -0.4 is 5.32 Å². The summed E-state index contributed by atoms with van der Waals surface area (Å²) in [6.45, 7) is 1.58. The van der Waals surface area contributed by atoms with Crippen LogP contribution in [0.2, 0.25) is 0 Å². The normalized spacial score (nSPS) is 14.4. The summed E-state index contributed by atoms with van der Waals surface area (Å²) in [7, 11) is 0. The van der Waals surface area contributed by atoms with E-state index in [2.05, 4.69) is 5.32 Å². The maximum absolute atomic E-state index is 11.8. The zero-order valence-corrected chi connectivity index (χ0v) is 11.7. The number of amides is 3. The topological polar surface area (TPSA) is 83.6 Å². The second kappa shape index (κ2) is 6.30. The molecule has 2 rings (SSSR count). The molecule has 0 aromatic heterocycles. The number of hydrogen-bond donors (Lipinski definition) is 1. The third-order valence-electron chi connectivity index (χ3n) is 3.29. The molecule has 1 fully saturated rings. The Labute approximate surface area is 122 Å². The molecule has 0 saturated carbocycles. The number of benzene rings is 1. The van der Waals surface area contributed by atoms with Crippen molar-refractivity contribution >= 4 is 29.2 Å². The molecule has 1 aromatic rings. The van der Waals surface area contributed by atoms with Gasteiger partial charge in [-0.05, 0) is 31.2 Å². The van der Waals surface area contributed by atoms with E-state index < -0.39 is 0 Å². The van der Waals surface area contributed by atoms with Gasteiger partial charge in [0.1, 0.15) is 0 Å². The summed E-state index contributed by atoms with van der Waals surface area (Å²) < 4.78 is 0. The summed E-state index contributed by atoms with van der Waals surface area (Å²) in [6, 6.07) is 6.54. The Balaban J connectivity index is 1.85. The molecule has 6 nitrogen and oxygen atoms in total. The molecule has 0 atom stereocenters. The predicted octanol–water partition coefficient (Wildman–Crippen LogP) is 1.37. The van der Waals surface area contributed by atoms with Crippen molar-refractivity contribution in [1.29, 1.82) is 0 Å². The number of rotatable bonds is 5. The second-order valence-electron chi connectivity index (χ2n) is 4.87. The average molecular weight is 288 g/mol. The van der Waals surface area contributed by atoms with E-state index in [0.29, 0.717) is 11.3 Å². The number of carbonyl (C=O) groups excluding carboxylic acids is 4. The highest BCUT2D eigenvalue weighted by atomic mass is 16.2. The summed E-state index contributed by atoms with van der Waals surface area (Å²) in [5.41, 5.74) is 1.14. The Kier molecular flexibility index (Phi) is 4.47. The quantitative estimate of drug-likeness (QED) is 0.655. The van der Waals surface area contributed by atoms with E-state index in [1.165, 1.54) is 6.92 Å². The van der Waals surface area contributed by atoms with Crippen molar-refractivity contribution in [3.63, 3.8) is 0 Å². The van der Waals surface area contributed by atoms with Gasteiger partial charge in [-0.15, -0.1) is 0 Å². The number of likely N-dealkylation sites (tertiary alicyclic amines) is 1. The number of nitrogens with zero attached hydrogens (tertiary/aromatic N) is 1. The molecule has 0 bridgehead atoms. The lowest BCUT2D eigenvalue weighted by Gasteiger charge is -2.13. The van der Waals surface area contributed by atoms with E-state index in [-0.39, 0.29) is 49.3 Å². The van der Waals surface area contributed by atoms with Crippen LogP contribution in [0.4, 0.5) is 5.69 Å². The van der Waals surface area contributed by atoms with Crippen molar-refractivity contribution < 1.29 is 19.2 Å². The predicted molar refractivity (Wildman–Crippen MR) is 75.6 cm³/mol. The third-order valence-corrected chi connectivity index (χ3v) is 3.29. The van der Waals surface area contributed by atoms with E-state index in [1.54, 1.807) is 24.3 Å². The van der Waals surface area contributed by atoms with Gasteiger partial charge in [-0.3, -0.25) is 24.1 Å². The summed E-state index contributed by atoms with van der Waals surface area (Å²) in [6.07, 6.45) is 0.520. The smallest absolute Gasteiger partial charge is 0.229 e. The Bertz CT molecular complexity index is 576. The van der Waals surface area contributed by atoms with E-state index >= 15 is 0 Å². The Morgan fingerprint density at radius 2 is 1.67 bits per heavy atom. The first-order valence-corrected chi connectivity index (χ1v) is 6.71. The first kappa shape index (κ1) is 14.9. The van der Waals surface area contributed by atoms with Gasteiger partial charge in [-0.2, -0.15) is 0 Å². The summed E-state index contributed by atoms with van der Waals surface area (Å²) in [5, 5.41) is 2.66. The van der Waals surface area contributed by atoms with E-state index in [0.717, 1.165) is 4.90 Å². The molecule has 1 aliphatic rings. The third kappa shape index (κ3) is 3.75. The molecule has 3 amide bonds. The van der Waals surface area contributed by atoms with Crippen molar-refractivity contribution in [3.8, 4) is 0 Å². The van der Waals surface area contributed by atoms with Crippen LogP contribution in [0.5, 0.6) is 0 Å². The lowest BCUT2D eigenvalue weighted by Crippen LogP contribution is -2.32. The van der Waals surface area contributed by atoms with E-state index in [9.17, 15) is 19.2 Å². The molecular weight excluding hydrogens is 272 g/mol. The summed E-state index contributed by atoms with van der Waals surface area (Å²) in [4.78, 5) is 46.8. The fourth-order valence-electron chi connectivity index (χ4n) is 2.10. The minimum Gasteiger partial charge on any atom is -0.326 e.